The molecule has 1 fully saturated rings. The number of rotatable bonds is 5. The monoisotopic (exact) mass is 531 g/mol. The highest BCUT2D eigenvalue weighted by atomic mass is 32.2. The van der Waals surface area contributed by atoms with Crippen molar-refractivity contribution in [2.75, 3.05) is 18.0 Å². The van der Waals surface area contributed by atoms with Crippen LogP contribution in [0, 0.1) is 6.92 Å². The average molecular weight is 532 g/mol. The summed E-state index contributed by atoms with van der Waals surface area (Å²) >= 11 is 0. The van der Waals surface area contributed by atoms with E-state index in [9.17, 15) is 26.4 Å². The first-order chi connectivity index (χ1) is 17.5. The summed E-state index contributed by atoms with van der Waals surface area (Å²) in [5.41, 5.74) is 0.597. The van der Waals surface area contributed by atoms with E-state index in [1.165, 1.54) is 41.1 Å². The van der Waals surface area contributed by atoms with Crippen LogP contribution in [0.4, 0.5) is 18.9 Å². The van der Waals surface area contributed by atoms with E-state index in [0.717, 1.165) is 6.07 Å². The van der Waals surface area contributed by atoms with Crippen LogP contribution in [0.2, 0.25) is 0 Å². The minimum absolute atomic E-state index is 0.00940. The van der Waals surface area contributed by atoms with Crippen molar-refractivity contribution in [3.05, 3.63) is 71.7 Å². The number of aromatic nitrogens is 3. The van der Waals surface area contributed by atoms with Crippen molar-refractivity contribution in [3.8, 4) is 0 Å². The second-order valence-electron chi connectivity index (χ2n) is 9.08. The molecule has 1 aliphatic heterocycles. The van der Waals surface area contributed by atoms with Crippen molar-refractivity contribution in [2.24, 2.45) is 7.05 Å². The maximum absolute atomic E-state index is 13.4. The molecule has 0 radical (unpaired) electrons. The number of benzene rings is 2. The van der Waals surface area contributed by atoms with E-state index in [2.05, 4.69) is 15.5 Å². The lowest BCUT2D eigenvalue weighted by Gasteiger charge is -2.23. The Morgan fingerprint density at radius 3 is 2.68 bits per heavy atom. The fourth-order valence-corrected chi connectivity index (χ4v) is 6.30. The van der Waals surface area contributed by atoms with Crippen molar-refractivity contribution < 1.29 is 26.4 Å². The van der Waals surface area contributed by atoms with Gasteiger partial charge in [-0.15, -0.1) is 0 Å². The Morgan fingerprint density at radius 2 is 1.92 bits per heavy atom. The van der Waals surface area contributed by atoms with E-state index in [4.69, 9.17) is 0 Å². The molecule has 0 aliphatic carbocycles. The molecular formula is C25H24F3N5O3S. The molecule has 0 spiro atoms. The number of para-hydroxylation sites is 1. The van der Waals surface area contributed by atoms with Crippen LogP contribution in [-0.4, -0.2) is 48.2 Å². The Morgan fingerprint density at radius 1 is 1.16 bits per heavy atom. The number of carbonyl (C=O) groups is 1. The van der Waals surface area contributed by atoms with Gasteiger partial charge in [0.25, 0.3) is 5.91 Å². The lowest BCUT2D eigenvalue weighted by Crippen LogP contribution is -2.38. The number of fused-ring (bicyclic) bond motifs is 1. The molecule has 5 rings (SSSR count). The predicted molar refractivity (Wildman–Crippen MR) is 131 cm³/mol. The third-order valence-corrected chi connectivity index (χ3v) is 8.67. The highest BCUT2D eigenvalue weighted by molar-refractivity contribution is 7.91. The van der Waals surface area contributed by atoms with Gasteiger partial charge in [0.2, 0.25) is 9.84 Å². The van der Waals surface area contributed by atoms with Crippen LogP contribution in [0.25, 0.3) is 10.9 Å². The first-order valence-electron chi connectivity index (χ1n) is 11.5. The molecular weight excluding hydrogens is 507 g/mol. The topological polar surface area (TPSA) is 100 Å². The second-order valence-corrected chi connectivity index (χ2v) is 11.0. The van der Waals surface area contributed by atoms with Crippen LogP contribution in [0.3, 0.4) is 0 Å². The Balaban J connectivity index is 1.36. The molecule has 1 saturated heterocycles. The maximum Gasteiger partial charge on any atom is 0.418 e. The molecule has 12 heteroatoms. The number of carbonyl (C=O) groups excluding carboxylic acids is 1. The largest absolute Gasteiger partial charge is 0.418 e. The van der Waals surface area contributed by atoms with E-state index in [-0.39, 0.29) is 27.7 Å². The number of sulfone groups is 1. The molecule has 2 aromatic heterocycles. The maximum atomic E-state index is 13.4. The first-order valence-corrected chi connectivity index (χ1v) is 13.0. The normalized spacial score (nSPS) is 16.5. The van der Waals surface area contributed by atoms with E-state index in [1.807, 2.05) is 0 Å². The van der Waals surface area contributed by atoms with Gasteiger partial charge in [0.15, 0.2) is 0 Å². The molecule has 2 N–H and O–H groups in total. The fraction of sp³-hybridized carbons (Fsp3) is 0.280. The zero-order valence-corrected chi connectivity index (χ0v) is 20.8. The zero-order chi connectivity index (χ0) is 26.5. The van der Waals surface area contributed by atoms with Gasteiger partial charge in [-0.3, -0.25) is 9.89 Å². The van der Waals surface area contributed by atoms with Crippen LogP contribution < -0.4 is 10.2 Å². The molecule has 37 heavy (non-hydrogen) atoms. The molecule has 8 nitrogen and oxygen atoms in total. The summed E-state index contributed by atoms with van der Waals surface area (Å²) in [6, 6.07) is 10.9. The first kappa shape index (κ1) is 24.9. The highest BCUT2D eigenvalue weighted by Gasteiger charge is 2.36. The molecule has 0 bridgehead atoms. The van der Waals surface area contributed by atoms with Crippen molar-refractivity contribution in [2.45, 2.75) is 35.4 Å². The van der Waals surface area contributed by atoms with E-state index in [1.54, 1.807) is 31.0 Å². The molecule has 4 aromatic rings. The molecule has 0 saturated carbocycles. The minimum Gasteiger partial charge on any atom is -0.369 e. The van der Waals surface area contributed by atoms with Gasteiger partial charge in [-0.25, -0.2) is 8.42 Å². The molecule has 1 atom stereocenters. The van der Waals surface area contributed by atoms with Crippen LogP contribution >= 0.6 is 0 Å². The van der Waals surface area contributed by atoms with Gasteiger partial charge in [0.1, 0.15) is 5.69 Å². The number of anilines is 1. The lowest BCUT2D eigenvalue weighted by atomic mass is 10.1. The number of alkyl halides is 3. The van der Waals surface area contributed by atoms with Gasteiger partial charge in [-0.05, 0) is 49.7 Å². The Labute approximate surface area is 211 Å². The molecule has 0 unspecified atom stereocenters. The number of aromatic amines is 1. The Kier molecular flexibility index (Phi) is 6.01. The average Bonchev–Trinajstić information content (AvgIpc) is 3.58. The van der Waals surface area contributed by atoms with Crippen LogP contribution in [0.5, 0.6) is 0 Å². The summed E-state index contributed by atoms with van der Waals surface area (Å²) in [6.07, 6.45) is -2.50. The number of nitrogens with one attached hydrogen (secondary N) is 2. The summed E-state index contributed by atoms with van der Waals surface area (Å²) < 4.78 is 68.6. The number of amides is 1. The second kappa shape index (κ2) is 8.94. The number of nitrogens with zero attached hydrogens (tertiary/aromatic N) is 3. The fourth-order valence-electron chi connectivity index (χ4n) is 4.72. The summed E-state index contributed by atoms with van der Waals surface area (Å²) in [5, 5.41) is 10.2. The van der Waals surface area contributed by atoms with Gasteiger partial charge in [0, 0.05) is 42.9 Å². The summed E-state index contributed by atoms with van der Waals surface area (Å²) in [7, 11) is -2.32. The number of halogens is 3. The quantitative estimate of drug-likeness (QED) is 0.405. The number of hydrogen-bond donors (Lipinski definition) is 2. The van der Waals surface area contributed by atoms with E-state index < -0.39 is 33.5 Å². The van der Waals surface area contributed by atoms with Gasteiger partial charge in [-0.2, -0.15) is 18.3 Å². The Hall–Kier alpha value is -3.80. The summed E-state index contributed by atoms with van der Waals surface area (Å²) in [5.74, 6) is -0.492. The van der Waals surface area contributed by atoms with Crippen molar-refractivity contribution in [1.29, 1.82) is 0 Å². The third-order valence-electron chi connectivity index (χ3n) is 6.81. The van der Waals surface area contributed by atoms with Crippen LogP contribution in [0.15, 0.2) is 64.5 Å². The molecule has 3 heterocycles. The molecule has 194 valence electrons. The smallest absolute Gasteiger partial charge is 0.369 e. The number of H-pyrrole nitrogens is 1. The summed E-state index contributed by atoms with van der Waals surface area (Å²) in [4.78, 5) is 14.8. The zero-order valence-electron chi connectivity index (χ0n) is 20.0. The molecule has 2 aromatic carbocycles. The molecule has 1 amide bonds. The molecule has 1 aliphatic rings. The standard InChI is InChI=1S/C25H24F3N5O3S/c1-15-23(37(35,36)18-7-8-20-16(11-18)13-29-31-20)12-22(32(15)2)24(34)30-17-9-10-33(14-17)21-6-4-3-5-19(21)25(26,27)28/h3-8,11-13,17H,9-10,14H2,1-2H3,(H,29,31)(H,30,34)/t17-/m1/s1. The van der Waals surface area contributed by atoms with Gasteiger partial charge in [0.05, 0.1) is 27.1 Å². The van der Waals surface area contributed by atoms with E-state index in [0.29, 0.717) is 29.6 Å². The van der Waals surface area contributed by atoms with Crippen LogP contribution in [0.1, 0.15) is 28.2 Å². The van der Waals surface area contributed by atoms with Crippen molar-refractivity contribution >= 4 is 32.3 Å². The van der Waals surface area contributed by atoms with Gasteiger partial charge < -0.3 is 14.8 Å². The third kappa shape index (κ3) is 4.45. The SMILES string of the molecule is Cc1c(S(=O)(=O)c2ccc3[nH]ncc3c2)cc(C(=O)N[C@@H]2CCN(c3ccccc3C(F)(F)F)C2)n1C. The van der Waals surface area contributed by atoms with Crippen molar-refractivity contribution in [1.82, 2.24) is 20.1 Å². The lowest BCUT2D eigenvalue weighted by molar-refractivity contribution is -0.137. The minimum atomic E-state index is -4.48. The van der Waals surface area contributed by atoms with Crippen molar-refractivity contribution in [3.63, 3.8) is 0 Å². The predicted octanol–water partition coefficient (Wildman–Crippen LogP) is 4.07. The highest BCUT2D eigenvalue weighted by Crippen LogP contribution is 2.37. The Bertz CT molecular complexity index is 1610. The van der Waals surface area contributed by atoms with Gasteiger partial charge in [-0.1, -0.05) is 12.1 Å². The number of hydrogen-bond acceptors (Lipinski definition) is 5. The summed E-state index contributed by atoms with van der Waals surface area (Å²) in [6.45, 7) is 2.17. The van der Waals surface area contributed by atoms with Gasteiger partial charge >= 0.3 is 6.18 Å². The van der Waals surface area contributed by atoms with E-state index >= 15 is 0 Å². The van der Waals surface area contributed by atoms with Crippen LogP contribution in [-0.2, 0) is 23.1 Å².